The van der Waals surface area contributed by atoms with Crippen LogP contribution in [0.2, 0.25) is 0 Å². The van der Waals surface area contributed by atoms with Gasteiger partial charge in [0.15, 0.2) is 5.82 Å². The van der Waals surface area contributed by atoms with Gasteiger partial charge in [0.05, 0.1) is 26.5 Å². The maximum absolute atomic E-state index is 11.8. The van der Waals surface area contributed by atoms with E-state index in [0.29, 0.717) is 11.8 Å². The molecule has 1 saturated heterocycles. The molecule has 0 aromatic carbocycles. The second kappa shape index (κ2) is 7.71. The average molecular weight is 358 g/mol. The zero-order valence-corrected chi connectivity index (χ0v) is 14.8. The lowest BCUT2D eigenvalue weighted by Crippen LogP contribution is -2.37. The fourth-order valence-electron chi connectivity index (χ4n) is 2.17. The number of nitrogens with zero attached hydrogens (tertiary/aromatic N) is 5. The summed E-state index contributed by atoms with van der Waals surface area (Å²) < 4.78 is 28.7. The quantitative estimate of drug-likeness (QED) is 0.659. The molecule has 1 aliphatic rings. The molecule has 1 fully saturated rings. The van der Waals surface area contributed by atoms with E-state index in [1.165, 1.54) is 14.2 Å². The van der Waals surface area contributed by atoms with Crippen molar-refractivity contribution >= 4 is 21.9 Å². The number of rotatable bonds is 7. The molecule has 134 valence electrons. The Labute approximate surface area is 141 Å². The molecular formula is C13H22N6O4S. The van der Waals surface area contributed by atoms with E-state index in [-0.39, 0.29) is 19.1 Å². The Morgan fingerprint density at radius 3 is 2.54 bits per heavy atom. The van der Waals surface area contributed by atoms with Crippen LogP contribution in [0.1, 0.15) is 18.7 Å². The Kier molecular flexibility index (Phi) is 5.89. The van der Waals surface area contributed by atoms with E-state index in [2.05, 4.69) is 20.3 Å². The lowest BCUT2D eigenvalue weighted by atomic mass is 10.4. The smallest absolute Gasteiger partial charge is 0.321 e. The van der Waals surface area contributed by atoms with Gasteiger partial charge in [-0.2, -0.15) is 19.3 Å². The van der Waals surface area contributed by atoms with E-state index in [4.69, 9.17) is 4.74 Å². The normalized spacial score (nSPS) is 14.9. The largest absolute Gasteiger partial charge is 0.467 e. The van der Waals surface area contributed by atoms with Gasteiger partial charge in [0.25, 0.3) is 0 Å². The third-order valence-electron chi connectivity index (χ3n) is 3.60. The highest BCUT2D eigenvalue weighted by atomic mass is 32.2. The lowest BCUT2D eigenvalue weighted by molar-refractivity contribution is -0.121. The van der Waals surface area contributed by atoms with Crippen LogP contribution in [0.25, 0.3) is 0 Å². The number of hydrogen-bond donors (Lipinski definition) is 1. The van der Waals surface area contributed by atoms with Crippen molar-refractivity contribution in [2.24, 2.45) is 0 Å². The molecule has 1 aromatic rings. The standard InChI is InChI=1S/C13H22N6O4S/c1-18(24(3,21)22)9-11(20)14-8-10-15-12(17-13(16-10)23-2)19-6-4-5-7-19/h4-9H2,1-3H3,(H,14,20). The minimum Gasteiger partial charge on any atom is -0.467 e. The maximum Gasteiger partial charge on any atom is 0.321 e. The molecule has 0 aliphatic carbocycles. The van der Waals surface area contributed by atoms with Gasteiger partial charge in [0.1, 0.15) is 0 Å². The predicted molar refractivity (Wildman–Crippen MR) is 87.1 cm³/mol. The van der Waals surface area contributed by atoms with Gasteiger partial charge >= 0.3 is 6.01 Å². The monoisotopic (exact) mass is 358 g/mol. The molecule has 0 spiro atoms. The molecule has 1 aliphatic heterocycles. The summed E-state index contributed by atoms with van der Waals surface area (Å²) in [5.74, 6) is 0.445. The Hall–Kier alpha value is -2.01. The van der Waals surface area contributed by atoms with Crippen LogP contribution in [-0.4, -0.2) is 73.6 Å². The number of hydrogen-bond acceptors (Lipinski definition) is 8. The number of carbonyl (C=O) groups is 1. The summed E-state index contributed by atoms with van der Waals surface area (Å²) in [5.41, 5.74) is 0. The molecule has 0 saturated carbocycles. The summed E-state index contributed by atoms with van der Waals surface area (Å²) in [5, 5.41) is 2.60. The first-order valence-corrected chi connectivity index (χ1v) is 9.36. The summed E-state index contributed by atoms with van der Waals surface area (Å²) in [7, 11) is -0.600. The summed E-state index contributed by atoms with van der Waals surface area (Å²) in [4.78, 5) is 26.5. The topological polar surface area (TPSA) is 118 Å². The van der Waals surface area contributed by atoms with Gasteiger partial charge in [0.2, 0.25) is 21.9 Å². The molecular weight excluding hydrogens is 336 g/mol. The zero-order valence-electron chi connectivity index (χ0n) is 14.0. The number of ether oxygens (including phenoxy) is 1. The Morgan fingerprint density at radius 1 is 1.29 bits per heavy atom. The van der Waals surface area contributed by atoms with Gasteiger partial charge < -0.3 is 15.0 Å². The first-order chi connectivity index (χ1) is 11.3. The Balaban J connectivity index is 2.01. The van der Waals surface area contributed by atoms with E-state index in [1.54, 1.807) is 0 Å². The van der Waals surface area contributed by atoms with Crippen LogP contribution in [0.15, 0.2) is 0 Å². The second-order valence-corrected chi connectivity index (χ2v) is 7.62. The molecule has 0 bridgehead atoms. The predicted octanol–water partition coefficient (Wildman–Crippen LogP) is -1.01. The number of nitrogens with one attached hydrogen (secondary N) is 1. The molecule has 24 heavy (non-hydrogen) atoms. The summed E-state index contributed by atoms with van der Waals surface area (Å²) in [6.45, 7) is 1.55. The maximum atomic E-state index is 11.8. The minimum atomic E-state index is -3.40. The minimum absolute atomic E-state index is 0.0656. The number of aromatic nitrogens is 3. The van der Waals surface area contributed by atoms with Crippen molar-refractivity contribution in [3.63, 3.8) is 0 Å². The van der Waals surface area contributed by atoms with Crippen molar-refractivity contribution in [1.29, 1.82) is 0 Å². The summed E-state index contributed by atoms with van der Waals surface area (Å²) in [6, 6.07) is 0.185. The number of sulfonamides is 1. The van der Waals surface area contributed by atoms with Gasteiger partial charge in [-0.25, -0.2) is 8.42 Å². The van der Waals surface area contributed by atoms with Crippen LogP contribution in [-0.2, 0) is 21.4 Å². The molecule has 11 heteroatoms. The molecule has 0 atom stereocenters. The molecule has 2 rings (SSSR count). The number of methoxy groups -OCH3 is 1. The lowest BCUT2D eigenvalue weighted by Gasteiger charge is -2.16. The fraction of sp³-hybridized carbons (Fsp3) is 0.692. The highest BCUT2D eigenvalue weighted by Gasteiger charge is 2.19. The van der Waals surface area contributed by atoms with E-state index < -0.39 is 15.9 Å². The van der Waals surface area contributed by atoms with Gasteiger partial charge in [-0.15, -0.1) is 0 Å². The van der Waals surface area contributed by atoms with Crippen LogP contribution >= 0.6 is 0 Å². The third kappa shape index (κ3) is 4.99. The van der Waals surface area contributed by atoms with Crippen molar-refractivity contribution in [3.8, 4) is 6.01 Å². The van der Waals surface area contributed by atoms with Crippen molar-refractivity contribution in [3.05, 3.63) is 5.82 Å². The molecule has 1 N–H and O–H groups in total. The average Bonchev–Trinajstić information content (AvgIpc) is 3.06. The molecule has 0 unspecified atom stereocenters. The highest BCUT2D eigenvalue weighted by molar-refractivity contribution is 7.88. The van der Waals surface area contributed by atoms with Crippen molar-refractivity contribution < 1.29 is 17.9 Å². The van der Waals surface area contributed by atoms with Gasteiger partial charge in [0, 0.05) is 20.1 Å². The van der Waals surface area contributed by atoms with Gasteiger partial charge in [-0.3, -0.25) is 4.79 Å². The Bertz CT molecular complexity index is 690. The number of carbonyl (C=O) groups excluding carboxylic acids is 1. The van der Waals surface area contributed by atoms with Crippen molar-refractivity contribution in [2.75, 3.05) is 44.9 Å². The van der Waals surface area contributed by atoms with Crippen LogP contribution in [0.5, 0.6) is 6.01 Å². The number of anilines is 1. The third-order valence-corrected chi connectivity index (χ3v) is 4.86. The summed E-state index contributed by atoms with van der Waals surface area (Å²) in [6.07, 6.45) is 3.20. The van der Waals surface area contributed by atoms with Crippen LogP contribution in [0.3, 0.4) is 0 Å². The Morgan fingerprint density at radius 2 is 1.96 bits per heavy atom. The molecule has 10 nitrogen and oxygen atoms in total. The van der Waals surface area contributed by atoms with E-state index in [1.807, 2.05) is 4.90 Å². The van der Waals surface area contributed by atoms with Crippen molar-refractivity contribution in [2.45, 2.75) is 19.4 Å². The van der Waals surface area contributed by atoms with Crippen LogP contribution in [0, 0.1) is 0 Å². The first-order valence-electron chi connectivity index (χ1n) is 7.51. The molecule has 0 radical (unpaired) electrons. The highest BCUT2D eigenvalue weighted by Crippen LogP contribution is 2.17. The summed E-state index contributed by atoms with van der Waals surface area (Å²) >= 11 is 0. The number of likely N-dealkylation sites (N-methyl/N-ethyl adjacent to an activating group) is 1. The molecule has 1 amide bonds. The van der Waals surface area contributed by atoms with E-state index in [0.717, 1.165) is 36.5 Å². The van der Waals surface area contributed by atoms with Crippen LogP contribution in [0.4, 0.5) is 5.95 Å². The second-order valence-electron chi connectivity index (χ2n) is 5.53. The zero-order chi connectivity index (χ0) is 17.7. The van der Waals surface area contributed by atoms with Gasteiger partial charge in [-0.1, -0.05) is 0 Å². The van der Waals surface area contributed by atoms with Gasteiger partial charge in [-0.05, 0) is 12.8 Å². The van der Waals surface area contributed by atoms with Crippen LogP contribution < -0.4 is 15.0 Å². The first kappa shape index (κ1) is 18.3. The number of amides is 1. The fourth-order valence-corrected chi connectivity index (χ4v) is 2.52. The van der Waals surface area contributed by atoms with Crippen molar-refractivity contribution in [1.82, 2.24) is 24.6 Å². The SMILES string of the molecule is COc1nc(CNC(=O)CN(C)S(C)(=O)=O)nc(N2CCCC2)n1. The molecule has 2 heterocycles. The van der Waals surface area contributed by atoms with E-state index >= 15 is 0 Å². The van der Waals surface area contributed by atoms with E-state index in [9.17, 15) is 13.2 Å². The molecule has 1 aromatic heterocycles.